The van der Waals surface area contributed by atoms with Crippen molar-refractivity contribution in [2.45, 2.75) is 45.2 Å². The maximum atomic E-state index is 5.41. The molecule has 4 nitrogen and oxygen atoms in total. The first kappa shape index (κ1) is 11.6. The van der Waals surface area contributed by atoms with Crippen LogP contribution in [0.15, 0.2) is 10.6 Å². The predicted octanol–water partition coefficient (Wildman–Crippen LogP) is 2.07. The molecule has 16 heavy (non-hydrogen) atoms. The van der Waals surface area contributed by atoms with Crippen molar-refractivity contribution >= 4 is 0 Å². The number of hydrogen-bond acceptors (Lipinski definition) is 4. The van der Waals surface area contributed by atoms with Crippen LogP contribution in [0.4, 0.5) is 0 Å². The highest BCUT2D eigenvalue weighted by Crippen LogP contribution is 2.15. The van der Waals surface area contributed by atoms with Crippen LogP contribution in [0.2, 0.25) is 0 Å². The van der Waals surface area contributed by atoms with Crippen LogP contribution >= 0.6 is 0 Å². The quantitative estimate of drug-likeness (QED) is 0.850. The van der Waals surface area contributed by atoms with Crippen LogP contribution in [-0.2, 0) is 11.3 Å². The lowest BCUT2D eigenvalue weighted by Gasteiger charge is -2.22. The summed E-state index contributed by atoms with van der Waals surface area (Å²) in [5.41, 5.74) is 0.981. The van der Waals surface area contributed by atoms with Gasteiger partial charge in [-0.1, -0.05) is 19.0 Å². The Bertz CT molecular complexity index is 317. The molecule has 0 radical (unpaired) electrons. The van der Waals surface area contributed by atoms with Gasteiger partial charge < -0.3 is 14.6 Å². The molecule has 2 rings (SSSR count). The van der Waals surface area contributed by atoms with Gasteiger partial charge in [-0.2, -0.15) is 0 Å². The number of hydrogen-bond donors (Lipinski definition) is 1. The molecule has 1 aliphatic heterocycles. The Labute approximate surface area is 96.3 Å². The maximum absolute atomic E-state index is 5.41. The molecule has 90 valence electrons. The second kappa shape index (κ2) is 5.46. The highest BCUT2D eigenvalue weighted by Gasteiger charge is 2.14. The standard InChI is InChI=1S/C12H20N2O2/c1-9(2)12-6-11(14-16-12)7-13-10-4-3-5-15-8-10/h6,9-10,13H,3-5,7-8H2,1-2H3/t10-/m1/s1. The number of ether oxygens (including phenoxy) is 1. The summed E-state index contributed by atoms with van der Waals surface area (Å²) in [4.78, 5) is 0. The van der Waals surface area contributed by atoms with Gasteiger partial charge in [0.1, 0.15) is 5.76 Å². The van der Waals surface area contributed by atoms with Crippen LogP contribution in [0.5, 0.6) is 0 Å². The third-order valence-electron chi connectivity index (χ3n) is 2.88. The number of rotatable bonds is 4. The SMILES string of the molecule is CC(C)c1cc(CN[C@@H]2CCCOC2)no1. The lowest BCUT2D eigenvalue weighted by molar-refractivity contribution is 0.0697. The van der Waals surface area contributed by atoms with E-state index in [0.29, 0.717) is 12.0 Å². The molecular weight excluding hydrogens is 204 g/mol. The zero-order valence-electron chi connectivity index (χ0n) is 10.0. The van der Waals surface area contributed by atoms with Crippen molar-refractivity contribution in [2.75, 3.05) is 13.2 Å². The van der Waals surface area contributed by atoms with Crippen molar-refractivity contribution in [3.05, 3.63) is 17.5 Å². The third kappa shape index (κ3) is 3.06. The van der Waals surface area contributed by atoms with Crippen LogP contribution in [0.3, 0.4) is 0 Å². The number of aromatic nitrogens is 1. The summed E-state index contributed by atoms with van der Waals surface area (Å²) in [7, 11) is 0. The Morgan fingerprint density at radius 2 is 2.44 bits per heavy atom. The Hall–Kier alpha value is -0.870. The van der Waals surface area contributed by atoms with E-state index in [-0.39, 0.29) is 0 Å². The van der Waals surface area contributed by atoms with E-state index >= 15 is 0 Å². The summed E-state index contributed by atoms with van der Waals surface area (Å²) < 4.78 is 10.7. The van der Waals surface area contributed by atoms with Crippen LogP contribution < -0.4 is 5.32 Å². The van der Waals surface area contributed by atoms with Crippen LogP contribution in [0, 0.1) is 0 Å². The summed E-state index contributed by atoms with van der Waals surface area (Å²) in [5.74, 6) is 1.36. The topological polar surface area (TPSA) is 47.3 Å². The molecule has 0 amide bonds. The highest BCUT2D eigenvalue weighted by atomic mass is 16.5. The van der Waals surface area contributed by atoms with Crippen LogP contribution in [0.25, 0.3) is 0 Å². The van der Waals surface area contributed by atoms with E-state index in [4.69, 9.17) is 9.26 Å². The fourth-order valence-electron chi connectivity index (χ4n) is 1.83. The molecule has 1 aromatic heterocycles. The fourth-order valence-corrected chi connectivity index (χ4v) is 1.83. The van der Waals surface area contributed by atoms with Crippen LogP contribution in [-0.4, -0.2) is 24.4 Å². The summed E-state index contributed by atoms with van der Waals surface area (Å²) in [5, 5.41) is 7.49. The molecule has 1 fully saturated rings. The van der Waals surface area contributed by atoms with E-state index in [1.807, 2.05) is 6.07 Å². The van der Waals surface area contributed by atoms with E-state index in [9.17, 15) is 0 Å². The molecule has 1 aliphatic rings. The number of nitrogens with zero attached hydrogens (tertiary/aromatic N) is 1. The minimum Gasteiger partial charge on any atom is -0.380 e. The second-order valence-corrected chi connectivity index (χ2v) is 4.67. The van der Waals surface area contributed by atoms with Gasteiger partial charge in [-0.3, -0.25) is 0 Å². The van der Waals surface area contributed by atoms with Crippen molar-refractivity contribution in [2.24, 2.45) is 0 Å². The summed E-state index contributed by atoms with van der Waals surface area (Å²) in [6.07, 6.45) is 2.34. The van der Waals surface area contributed by atoms with Gasteiger partial charge in [0.25, 0.3) is 0 Å². The van der Waals surface area contributed by atoms with E-state index in [2.05, 4.69) is 24.3 Å². The predicted molar refractivity (Wildman–Crippen MR) is 61.3 cm³/mol. The fraction of sp³-hybridized carbons (Fsp3) is 0.750. The van der Waals surface area contributed by atoms with Crippen molar-refractivity contribution in [3.8, 4) is 0 Å². The second-order valence-electron chi connectivity index (χ2n) is 4.67. The van der Waals surface area contributed by atoms with Crippen molar-refractivity contribution in [1.82, 2.24) is 10.5 Å². The summed E-state index contributed by atoms with van der Waals surface area (Å²) in [6, 6.07) is 2.49. The molecule has 2 heterocycles. The molecule has 4 heteroatoms. The molecule has 1 aromatic rings. The van der Waals surface area contributed by atoms with Gasteiger partial charge >= 0.3 is 0 Å². The summed E-state index contributed by atoms with van der Waals surface area (Å²) in [6.45, 7) is 6.69. The van der Waals surface area contributed by atoms with Gasteiger partial charge in [0.05, 0.1) is 12.3 Å². The van der Waals surface area contributed by atoms with Crippen molar-refractivity contribution < 1.29 is 9.26 Å². The van der Waals surface area contributed by atoms with E-state index in [1.165, 1.54) is 6.42 Å². The molecule has 1 saturated heterocycles. The van der Waals surface area contributed by atoms with E-state index in [0.717, 1.165) is 37.6 Å². The van der Waals surface area contributed by atoms with Crippen LogP contribution in [0.1, 0.15) is 44.1 Å². The van der Waals surface area contributed by atoms with Gasteiger partial charge in [0.15, 0.2) is 0 Å². The molecule has 0 spiro atoms. The molecule has 0 aliphatic carbocycles. The average molecular weight is 224 g/mol. The molecule has 0 saturated carbocycles. The molecule has 0 unspecified atom stereocenters. The largest absolute Gasteiger partial charge is 0.380 e. The van der Waals surface area contributed by atoms with Gasteiger partial charge in [0.2, 0.25) is 0 Å². The minimum atomic E-state index is 0.402. The Kier molecular flexibility index (Phi) is 3.96. The summed E-state index contributed by atoms with van der Waals surface area (Å²) >= 11 is 0. The van der Waals surface area contributed by atoms with E-state index < -0.39 is 0 Å². The van der Waals surface area contributed by atoms with E-state index in [1.54, 1.807) is 0 Å². The smallest absolute Gasteiger partial charge is 0.139 e. The highest BCUT2D eigenvalue weighted by molar-refractivity contribution is 5.08. The molecule has 1 atom stereocenters. The Morgan fingerprint density at radius 3 is 3.06 bits per heavy atom. The van der Waals surface area contributed by atoms with Gasteiger partial charge in [-0.25, -0.2) is 0 Å². The Morgan fingerprint density at radius 1 is 1.56 bits per heavy atom. The Balaban J connectivity index is 1.79. The first-order valence-electron chi connectivity index (χ1n) is 6.02. The normalized spacial score (nSPS) is 21.6. The zero-order valence-corrected chi connectivity index (χ0v) is 10.0. The van der Waals surface area contributed by atoms with Crippen molar-refractivity contribution in [1.29, 1.82) is 0 Å². The van der Waals surface area contributed by atoms with Gasteiger partial charge in [0, 0.05) is 31.2 Å². The lowest BCUT2D eigenvalue weighted by atomic mass is 10.1. The third-order valence-corrected chi connectivity index (χ3v) is 2.88. The molecule has 0 bridgehead atoms. The minimum absolute atomic E-state index is 0.402. The average Bonchev–Trinajstić information content (AvgIpc) is 2.76. The molecular formula is C12H20N2O2. The zero-order chi connectivity index (χ0) is 11.4. The van der Waals surface area contributed by atoms with Crippen molar-refractivity contribution in [3.63, 3.8) is 0 Å². The lowest BCUT2D eigenvalue weighted by Crippen LogP contribution is -2.36. The maximum Gasteiger partial charge on any atom is 0.139 e. The molecule has 1 N–H and O–H groups in total. The first-order valence-corrected chi connectivity index (χ1v) is 6.02. The monoisotopic (exact) mass is 224 g/mol. The first-order chi connectivity index (χ1) is 7.75. The van der Waals surface area contributed by atoms with Gasteiger partial charge in [-0.15, -0.1) is 0 Å². The molecule has 0 aromatic carbocycles. The number of nitrogens with one attached hydrogen (secondary N) is 1. The van der Waals surface area contributed by atoms with Gasteiger partial charge in [-0.05, 0) is 12.8 Å².